The van der Waals surface area contributed by atoms with Crippen molar-refractivity contribution in [2.24, 2.45) is 5.92 Å². The van der Waals surface area contributed by atoms with Crippen LogP contribution >= 0.6 is 11.3 Å². The van der Waals surface area contributed by atoms with Gasteiger partial charge in [0.15, 0.2) is 0 Å². The van der Waals surface area contributed by atoms with Crippen LogP contribution < -0.4 is 5.32 Å². The number of carbonyl (C=O) groups excluding carboxylic acids is 1. The van der Waals surface area contributed by atoms with Gasteiger partial charge in [0, 0.05) is 43.8 Å². The first-order valence-corrected chi connectivity index (χ1v) is 9.42. The summed E-state index contributed by atoms with van der Waals surface area (Å²) in [4.78, 5) is 24.6. The Labute approximate surface area is 147 Å². The van der Waals surface area contributed by atoms with E-state index < -0.39 is 0 Å². The van der Waals surface area contributed by atoms with E-state index in [0.717, 1.165) is 50.3 Å². The summed E-state index contributed by atoms with van der Waals surface area (Å²) in [6, 6.07) is 4.14. The van der Waals surface area contributed by atoms with Crippen molar-refractivity contribution in [2.45, 2.75) is 32.1 Å². The average Bonchev–Trinajstić information content (AvgIpc) is 3.14. The van der Waals surface area contributed by atoms with Crippen LogP contribution in [0.4, 0.5) is 5.82 Å². The van der Waals surface area contributed by atoms with E-state index in [2.05, 4.69) is 26.7 Å². The molecule has 2 aromatic rings. The average molecular weight is 344 g/mol. The summed E-state index contributed by atoms with van der Waals surface area (Å²) in [5, 5.41) is 5.17. The first-order valence-electron chi connectivity index (χ1n) is 8.54. The summed E-state index contributed by atoms with van der Waals surface area (Å²) in [7, 11) is 1.87. The Morgan fingerprint density at radius 2 is 2.29 bits per heavy atom. The molecule has 0 aromatic carbocycles. The highest BCUT2D eigenvalue weighted by molar-refractivity contribution is 7.09. The number of nitrogens with one attached hydrogen (secondary N) is 1. The van der Waals surface area contributed by atoms with Gasteiger partial charge in [-0.05, 0) is 43.0 Å². The molecule has 3 rings (SSSR count). The summed E-state index contributed by atoms with van der Waals surface area (Å²) < 4.78 is 0. The Morgan fingerprint density at radius 1 is 1.42 bits per heavy atom. The molecule has 3 heterocycles. The fourth-order valence-corrected chi connectivity index (χ4v) is 4.01. The molecule has 0 saturated carbocycles. The second kappa shape index (κ2) is 8.24. The van der Waals surface area contributed by atoms with Gasteiger partial charge in [0.05, 0.1) is 5.69 Å². The molecule has 5 nitrogen and oxygen atoms in total. The van der Waals surface area contributed by atoms with Crippen LogP contribution in [0.25, 0.3) is 0 Å². The van der Waals surface area contributed by atoms with Gasteiger partial charge in [-0.25, -0.2) is 4.98 Å². The van der Waals surface area contributed by atoms with E-state index in [9.17, 15) is 4.79 Å². The number of amides is 1. The van der Waals surface area contributed by atoms with Gasteiger partial charge in [-0.3, -0.25) is 9.78 Å². The van der Waals surface area contributed by atoms with Crippen LogP contribution in [0.2, 0.25) is 0 Å². The summed E-state index contributed by atoms with van der Waals surface area (Å²) in [5.41, 5.74) is 0.998. The third kappa shape index (κ3) is 4.32. The predicted octanol–water partition coefficient (Wildman–Crippen LogP) is 2.99. The standard InChI is InChI=1S/C18H24N4OS/c1-19-18-16(20-8-9-21-18)12-14-4-2-10-22(13-14)17(23)7-6-15-5-3-11-24-15/h3,5,8-9,11,14H,2,4,6-7,10,12-13H2,1H3,(H,19,21)/t14-/m1/s1. The largest absolute Gasteiger partial charge is 0.372 e. The van der Waals surface area contributed by atoms with Gasteiger partial charge in [0.1, 0.15) is 5.82 Å². The van der Waals surface area contributed by atoms with E-state index in [-0.39, 0.29) is 5.91 Å². The Bertz CT molecular complexity index is 659. The summed E-state index contributed by atoms with van der Waals surface area (Å²) >= 11 is 1.73. The van der Waals surface area contributed by atoms with Crippen molar-refractivity contribution >= 4 is 23.1 Å². The molecule has 24 heavy (non-hydrogen) atoms. The molecule has 1 amide bonds. The Hall–Kier alpha value is -1.95. The number of rotatable bonds is 6. The second-order valence-corrected chi connectivity index (χ2v) is 7.27. The summed E-state index contributed by atoms with van der Waals surface area (Å²) in [6.07, 6.45) is 8.00. The molecule has 0 unspecified atom stereocenters. The molecule has 128 valence electrons. The van der Waals surface area contributed by atoms with E-state index >= 15 is 0 Å². The first-order chi connectivity index (χ1) is 11.8. The lowest BCUT2D eigenvalue weighted by Gasteiger charge is -2.33. The highest BCUT2D eigenvalue weighted by Gasteiger charge is 2.24. The van der Waals surface area contributed by atoms with Crippen molar-refractivity contribution < 1.29 is 4.79 Å². The lowest BCUT2D eigenvalue weighted by molar-refractivity contribution is -0.132. The molecule has 1 saturated heterocycles. The van der Waals surface area contributed by atoms with Crippen LogP contribution in [0.1, 0.15) is 29.8 Å². The monoisotopic (exact) mass is 344 g/mol. The van der Waals surface area contributed by atoms with Crippen molar-refractivity contribution in [3.8, 4) is 0 Å². The fraction of sp³-hybridized carbons (Fsp3) is 0.500. The molecule has 0 spiro atoms. The molecule has 1 aliphatic heterocycles. The van der Waals surface area contributed by atoms with Gasteiger partial charge in [0.25, 0.3) is 0 Å². The molecule has 1 fully saturated rings. The van der Waals surface area contributed by atoms with Crippen LogP contribution in [0, 0.1) is 5.92 Å². The third-order valence-corrected chi connectivity index (χ3v) is 5.47. The first kappa shape index (κ1) is 16.9. The van der Waals surface area contributed by atoms with Crippen LogP contribution in [0.5, 0.6) is 0 Å². The SMILES string of the molecule is CNc1nccnc1C[C@H]1CCCN(C(=O)CCc2cccs2)C1. The maximum atomic E-state index is 12.5. The van der Waals surface area contributed by atoms with Crippen molar-refractivity contribution in [2.75, 3.05) is 25.5 Å². The molecular weight excluding hydrogens is 320 g/mol. The van der Waals surface area contributed by atoms with Gasteiger partial charge >= 0.3 is 0 Å². The summed E-state index contributed by atoms with van der Waals surface area (Å²) in [6.45, 7) is 1.72. The zero-order chi connectivity index (χ0) is 16.8. The minimum Gasteiger partial charge on any atom is -0.372 e. The van der Waals surface area contributed by atoms with Crippen LogP contribution in [0.3, 0.4) is 0 Å². The van der Waals surface area contributed by atoms with Gasteiger partial charge in [-0.2, -0.15) is 0 Å². The number of piperidine rings is 1. The minimum absolute atomic E-state index is 0.279. The van der Waals surface area contributed by atoms with Gasteiger partial charge in [0.2, 0.25) is 5.91 Å². The maximum Gasteiger partial charge on any atom is 0.222 e. The van der Waals surface area contributed by atoms with Crippen molar-refractivity contribution in [1.29, 1.82) is 0 Å². The minimum atomic E-state index is 0.279. The molecule has 0 radical (unpaired) electrons. The molecular formula is C18H24N4OS. The van der Waals surface area contributed by atoms with Gasteiger partial charge < -0.3 is 10.2 Å². The highest BCUT2D eigenvalue weighted by Crippen LogP contribution is 2.23. The quantitative estimate of drug-likeness (QED) is 0.875. The van der Waals surface area contributed by atoms with Crippen molar-refractivity contribution in [3.05, 3.63) is 40.5 Å². The number of hydrogen-bond donors (Lipinski definition) is 1. The van der Waals surface area contributed by atoms with E-state index in [1.807, 2.05) is 18.0 Å². The Morgan fingerprint density at radius 3 is 3.08 bits per heavy atom. The molecule has 1 atom stereocenters. The number of aryl methyl sites for hydroxylation is 1. The molecule has 0 aliphatic carbocycles. The van der Waals surface area contributed by atoms with Crippen molar-refractivity contribution in [3.63, 3.8) is 0 Å². The molecule has 1 aliphatic rings. The number of carbonyl (C=O) groups is 1. The molecule has 6 heteroatoms. The fourth-order valence-electron chi connectivity index (χ4n) is 3.30. The number of nitrogens with zero attached hydrogens (tertiary/aromatic N) is 3. The van der Waals surface area contributed by atoms with Gasteiger partial charge in [-0.1, -0.05) is 6.07 Å². The van der Waals surface area contributed by atoms with Crippen LogP contribution in [0.15, 0.2) is 29.9 Å². The van der Waals surface area contributed by atoms with Gasteiger partial charge in [-0.15, -0.1) is 11.3 Å². The van der Waals surface area contributed by atoms with E-state index in [0.29, 0.717) is 12.3 Å². The van der Waals surface area contributed by atoms with E-state index in [1.54, 1.807) is 23.7 Å². The Balaban J connectivity index is 1.54. The number of anilines is 1. The number of thiophene rings is 1. The van der Waals surface area contributed by atoms with E-state index in [4.69, 9.17) is 0 Å². The lowest BCUT2D eigenvalue weighted by Crippen LogP contribution is -2.40. The van der Waals surface area contributed by atoms with Crippen LogP contribution in [-0.2, 0) is 17.6 Å². The molecule has 2 aromatic heterocycles. The summed E-state index contributed by atoms with van der Waals surface area (Å²) in [5.74, 6) is 1.59. The smallest absolute Gasteiger partial charge is 0.222 e. The van der Waals surface area contributed by atoms with Crippen LogP contribution in [-0.4, -0.2) is 40.9 Å². The molecule has 1 N–H and O–H groups in total. The lowest BCUT2D eigenvalue weighted by atomic mass is 9.93. The normalized spacial score (nSPS) is 17.7. The highest BCUT2D eigenvalue weighted by atomic mass is 32.1. The Kier molecular flexibility index (Phi) is 5.80. The second-order valence-electron chi connectivity index (χ2n) is 6.23. The van der Waals surface area contributed by atoms with Crippen molar-refractivity contribution in [1.82, 2.24) is 14.9 Å². The third-order valence-electron chi connectivity index (χ3n) is 4.53. The zero-order valence-electron chi connectivity index (χ0n) is 14.1. The topological polar surface area (TPSA) is 58.1 Å². The number of hydrogen-bond acceptors (Lipinski definition) is 5. The zero-order valence-corrected chi connectivity index (χ0v) is 14.9. The number of likely N-dealkylation sites (tertiary alicyclic amines) is 1. The predicted molar refractivity (Wildman–Crippen MR) is 97.2 cm³/mol. The van der Waals surface area contributed by atoms with E-state index in [1.165, 1.54) is 4.88 Å². The number of aromatic nitrogens is 2. The molecule has 0 bridgehead atoms. The maximum absolute atomic E-state index is 12.5.